The fourth-order valence-electron chi connectivity index (χ4n) is 3.31. The third-order valence-corrected chi connectivity index (χ3v) is 6.54. The average molecular weight is 399 g/mol. The van der Waals surface area contributed by atoms with Crippen LogP contribution in [0.15, 0.2) is 21.5 Å². The molecule has 0 spiro atoms. The first-order valence-corrected chi connectivity index (χ1v) is 10.3. The van der Waals surface area contributed by atoms with Crippen LogP contribution in [0.1, 0.15) is 46.0 Å². The van der Waals surface area contributed by atoms with E-state index in [0.29, 0.717) is 5.54 Å². The van der Waals surface area contributed by atoms with Crippen molar-refractivity contribution in [2.45, 2.75) is 56.4 Å². The fourth-order valence-corrected chi connectivity index (χ4v) is 4.59. The first kappa shape index (κ1) is 17.4. The van der Waals surface area contributed by atoms with E-state index < -0.39 is 0 Å². The standard InChI is InChI=1S/C13H15BrN2OS.C5H12/c1-17-11-5-12-10(4-9(11)14)16(3-2-15-18-12)13-6-8(13)7-13;1-3-5-4-2/h4-5,8,15H,2-3,6-7H2,1H3;3-5H2,1-2H3. The molecule has 1 aromatic carbocycles. The topological polar surface area (TPSA) is 24.5 Å². The molecule has 1 N–H and O–H groups in total. The molecule has 128 valence electrons. The predicted molar refractivity (Wildman–Crippen MR) is 103 cm³/mol. The summed E-state index contributed by atoms with van der Waals surface area (Å²) in [7, 11) is 1.72. The molecule has 5 heteroatoms. The van der Waals surface area contributed by atoms with E-state index in [9.17, 15) is 0 Å². The van der Waals surface area contributed by atoms with Crippen LogP contribution >= 0.6 is 27.9 Å². The maximum atomic E-state index is 5.39. The molecule has 0 aromatic heterocycles. The van der Waals surface area contributed by atoms with Crippen LogP contribution in [0, 0.1) is 5.92 Å². The van der Waals surface area contributed by atoms with Gasteiger partial charge >= 0.3 is 0 Å². The van der Waals surface area contributed by atoms with E-state index in [1.807, 2.05) is 0 Å². The quantitative estimate of drug-likeness (QED) is 0.701. The molecule has 1 aromatic rings. The molecule has 0 atom stereocenters. The highest BCUT2D eigenvalue weighted by atomic mass is 79.9. The minimum absolute atomic E-state index is 0.523. The maximum Gasteiger partial charge on any atom is 0.134 e. The third kappa shape index (κ3) is 3.52. The Balaban J connectivity index is 0.000000276. The van der Waals surface area contributed by atoms with E-state index in [4.69, 9.17) is 4.74 Å². The van der Waals surface area contributed by atoms with Crippen LogP contribution in [-0.4, -0.2) is 25.7 Å². The van der Waals surface area contributed by atoms with Crippen molar-refractivity contribution in [2.24, 2.45) is 5.92 Å². The van der Waals surface area contributed by atoms with Crippen molar-refractivity contribution < 1.29 is 4.74 Å². The first-order chi connectivity index (χ1) is 11.2. The largest absolute Gasteiger partial charge is 0.496 e. The van der Waals surface area contributed by atoms with Gasteiger partial charge < -0.3 is 9.64 Å². The van der Waals surface area contributed by atoms with Gasteiger partial charge in [-0.2, -0.15) is 0 Å². The van der Waals surface area contributed by atoms with Gasteiger partial charge in [0.15, 0.2) is 0 Å². The number of unbranched alkanes of at least 4 members (excludes halogenated alkanes) is 2. The van der Waals surface area contributed by atoms with Crippen molar-refractivity contribution in [3.8, 4) is 5.75 Å². The second kappa shape index (κ2) is 7.24. The van der Waals surface area contributed by atoms with Gasteiger partial charge in [0.25, 0.3) is 0 Å². The summed E-state index contributed by atoms with van der Waals surface area (Å²) in [5.41, 5.74) is 1.88. The highest BCUT2D eigenvalue weighted by molar-refractivity contribution is 9.10. The second-order valence-electron chi connectivity index (χ2n) is 6.66. The Hall–Kier alpha value is -0.390. The van der Waals surface area contributed by atoms with E-state index in [-0.39, 0.29) is 0 Å². The minimum Gasteiger partial charge on any atom is -0.496 e. The van der Waals surface area contributed by atoms with E-state index in [0.717, 1.165) is 29.2 Å². The van der Waals surface area contributed by atoms with E-state index in [1.54, 1.807) is 19.1 Å². The maximum absolute atomic E-state index is 5.39. The Labute approximate surface area is 152 Å². The third-order valence-electron chi connectivity index (χ3n) is 5.03. The van der Waals surface area contributed by atoms with Gasteiger partial charge in [-0.1, -0.05) is 33.1 Å². The van der Waals surface area contributed by atoms with Crippen LogP contribution in [0.4, 0.5) is 5.69 Å². The number of ether oxygens (including phenoxy) is 1. The SMILES string of the molecule is CCCCC.COc1cc2c(cc1Br)N(C13CC1C3)CCNS2. The van der Waals surface area contributed by atoms with Crippen LogP contribution in [-0.2, 0) is 0 Å². The highest BCUT2D eigenvalue weighted by Crippen LogP contribution is 2.71. The van der Waals surface area contributed by atoms with E-state index >= 15 is 0 Å². The number of methoxy groups -OCH3 is 1. The molecule has 0 bridgehead atoms. The zero-order chi connectivity index (χ0) is 16.4. The summed E-state index contributed by atoms with van der Waals surface area (Å²) in [4.78, 5) is 3.89. The molecule has 0 radical (unpaired) electrons. The summed E-state index contributed by atoms with van der Waals surface area (Å²) >= 11 is 5.33. The number of anilines is 1. The Bertz CT molecular complexity index is 558. The fraction of sp³-hybridized carbons (Fsp3) is 0.667. The molecule has 2 aliphatic carbocycles. The molecule has 1 heterocycles. The van der Waals surface area contributed by atoms with Crippen molar-refractivity contribution in [2.75, 3.05) is 25.1 Å². The summed E-state index contributed by atoms with van der Waals surface area (Å²) in [5.74, 6) is 1.87. The Kier molecular flexibility index (Phi) is 5.49. The van der Waals surface area contributed by atoms with Crippen molar-refractivity contribution in [1.82, 2.24) is 4.72 Å². The second-order valence-corrected chi connectivity index (χ2v) is 8.45. The lowest BCUT2D eigenvalue weighted by molar-refractivity contribution is 0.411. The minimum atomic E-state index is 0.523. The van der Waals surface area contributed by atoms with Gasteiger partial charge in [0.1, 0.15) is 5.75 Å². The average Bonchev–Trinajstić information content (AvgIpc) is 3.38. The summed E-state index contributed by atoms with van der Waals surface area (Å²) in [6, 6.07) is 4.35. The molecule has 2 saturated carbocycles. The lowest BCUT2D eigenvalue weighted by atomic mass is 10.2. The first-order valence-electron chi connectivity index (χ1n) is 8.71. The molecule has 2 fully saturated rings. The number of fused-ring (bicyclic) bond motifs is 2. The van der Waals surface area contributed by atoms with E-state index in [1.165, 1.54) is 42.7 Å². The molecule has 23 heavy (non-hydrogen) atoms. The predicted octanol–water partition coefficient (Wildman–Crippen LogP) is 5.23. The number of benzene rings is 1. The van der Waals surface area contributed by atoms with Crippen LogP contribution < -0.4 is 14.4 Å². The van der Waals surface area contributed by atoms with Gasteiger partial charge in [-0.3, -0.25) is 4.72 Å². The summed E-state index contributed by atoms with van der Waals surface area (Å²) in [6.07, 6.45) is 6.86. The molecular formula is C18H27BrN2OS. The molecule has 0 amide bonds. The van der Waals surface area contributed by atoms with Crippen LogP contribution in [0.5, 0.6) is 5.75 Å². The van der Waals surface area contributed by atoms with Gasteiger partial charge in [0.05, 0.1) is 17.3 Å². The molecule has 0 unspecified atom stereocenters. The van der Waals surface area contributed by atoms with Crippen molar-refractivity contribution in [1.29, 1.82) is 0 Å². The summed E-state index contributed by atoms with van der Waals surface area (Å²) in [6.45, 7) is 6.57. The smallest absolute Gasteiger partial charge is 0.134 e. The Morgan fingerprint density at radius 3 is 2.57 bits per heavy atom. The zero-order valence-corrected chi connectivity index (χ0v) is 16.7. The van der Waals surface area contributed by atoms with Gasteiger partial charge in [-0.05, 0) is 58.8 Å². The Morgan fingerprint density at radius 1 is 1.35 bits per heavy atom. The number of nitrogens with one attached hydrogen (secondary N) is 1. The summed E-state index contributed by atoms with van der Waals surface area (Å²) in [5, 5.41) is 0. The van der Waals surface area contributed by atoms with Crippen LogP contribution in [0.3, 0.4) is 0 Å². The lowest BCUT2D eigenvalue weighted by Crippen LogP contribution is -2.34. The Morgan fingerprint density at radius 2 is 2.04 bits per heavy atom. The molecule has 3 nitrogen and oxygen atoms in total. The molecule has 0 saturated heterocycles. The number of hydrogen-bond donors (Lipinski definition) is 1. The van der Waals surface area contributed by atoms with Crippen molar-refractivity contribution >= 4 is 33.6 Å². The van der Waals surface area contributed by atoms with Crippen molar-refractivity contribution in [3.63, 3.8) is 0 Å². The van der Waals surface area contributed by atoms with Gasteiger partial charge in [-0.15, -0.1) is 0 Å². The molecular weight excluding hydrogens is 372 g/mol. The summed E-state index contributed by atoms with van der Waals surface area (Å²) < 4.78 is 9.87. The van der Waals surface area contributed by atoms with Gasteiger partial charge in [0, 0.05) is 23.5 Å². The molecule has 4 rings (SSSR count). The van der Waals surface area contributed by atoms with Gasteiger partial charge in [-0.25, -0.2) is 0 Å². The molecule has 3 aliphatic rings. The molecule has 1 aliphatic heterocycles. The highest BCUT2D eigenvalue weighted by Gasteiger charge is 2.73. The number of nitrogens with zero attached hydrogens (tertiary/aromatic N) is 1. The van der Waals surface area contributed by atoms with E-state index in [2.05, 4.69) is 51.5 Å². The number of hydrogen-bond acceptors (Lipinski definition) is 4. The monoisotopic (exact) mass is 398 g/mol. The lowest BCUT2D eigenvalue weighted by Gasteiger charge is -2.28. The zero-order valence-electron chi connectivity index (χ0n) is 14.3. The van der Waals surface area contributed by atoms with Crippen LogP contribution in [0.25, 0.3) is 0 Å². The number of halogens is 1. The van der Waals surface area contributed by atoms with Crippen molar-refractivity contribution in [3.05, 3.63) is 16.6 Å². The normalized spacial score (nSPS) is 27.1. The van der Waals surface area contributed by atoms with Gasteiger partial charge in [0.2, 0.25) is 0 Å². The number of rotatable bonds is 4. The van der Waals surface area contributed by atoms with Crippen LogP contribution in [0.2, 0.25) is 0 Å².